The number of benzene rings is 3. The average molecular weight is 590 g/mol. The number of amides is 1. The van der Waals surface area contributed by atoms with Gasteiger partial charge in [0.15, 0.2) is 11.5 Å². The van der Waals surface area contributed by atoms with E-state index in [9.17, 15) is 9.59 Å². The summed E-state index contributed by atoms with van der Waals surface area (Å²) in [5.41, 5.74) is 3.82. The van der Waals surface area contributed by atoms with Crippen molar-refractivity contribution < 1.29 is 19.0 Å². The monoisotopic (exact) mass is 589 g/mol. The van der Waals surface area contributed by atoms with Crippen molar-refractivity contribution in [3.05, 3.63) is 86.6 Å². The number of hydrogen-bond donors (Lipinski definition) is 1. The molecule has 0 unspecified atom stereocenters. The molecule has 200 valence electrons. The molecule has 3 aromatic carbocycles. The van der Waals surface area contributed by atoms with E-state index >= 15 is 0 Å². The number of methoxy groups -OCH3 is 3. The van der Waals surface area contributed by atoms with Crippen molar-refractivity contribution in [3.63, 3.8) is 0 Å². The standard InChI is InChI=1S/C30H28BrN3O5/c1-5-26(35)34-23(18-13-24(37-2)29(39-4)25(14-18)38-3)16-22(33-34)28-27(17-9-7-6-8-10-17)20-15-19(31)11-12-21(20)32-30(28)36/h6-15,23H,5,16H2,1-4H3,(H,32,36)/t23-/m0/s1. The molecule has 1 aromatic heterocycles. The van der Waals surface area contributed by atoms with E-state index in [0.29, 0.717) is 40.5 Å². The van der Waals surface area contributed by atoms with E-state index in [2.05, 4.69) is 20.9 Å². The molecule has 0 saturated heterocycles. The number of hydrazone groups is 1. The molecule has 1 amide bonds. The van der Waals surface area contributed by atoms with Crippen LogP contribution in [-0.2, 0) is 4.79 Å². The van der Waals surface area contributed by atoms with Gasteiger partial charge in [-0.15, -0.1) is 0 Å². The van der Waals surface area contributed by atoms with Crippen LogP contribution in [0.25, 0.3) is 22.0 Å². The lowest BCUT2D eigenvalue weighted by Crippen LogP contribution is -2.26. The first-order valence-corrected chi connectivity index (χ1v) is 13.3. The molecule has 0 spiro atoms. The summed E-state index contributed by atoms with van der Waals surface area (Å²) in [6, 6.07) is 18.7. The van der Waals surface area contributed by atoms with Crippen LogP contribution < -0.4 is 19.8 Å². The van der Waals surface area contributed by atoms with E-state index < -0.39 is 6.04 Å². The summed E-state index contributed by atoms with van der Waals surface area (Å²) in [6.45, 7) is 1.79. The third-order valence-corrected chi connectivity index (χ3v) is 7.36. The van der Waals surface area contributed by atoms with Crippen molar-refractivity contribution in [2.45, 2.75) is 25.8 Å². The van der Waals surface area contributed by atoms with Crippen molar-refractivity contribution in [3.8, 4) is 28.4 Å². The Balaban J connectivity index is 1.72. The summed E-state index contributed by atoms with van der Waals surface area (Å²) < 4.78 is 17.5. The molecule has 1 N–H and O–H groups in total. The molecule has 4 aromatic rings. The summed E-state index contributed by atoms with van der Waals surface area (Å²) in [6.07, 6.45) is 0.580. The largest absolute Gasteiger partial charge is 0.493 e. The van der Waals surface area contributed by atoms with Crippen molar-refractivity contribution >= 4 is 38.5 Å². The van der Waals surface area contributed by atoms with E-state index in [0.717, 1.165) is 26.5 Å². The highest BCUT2D eigenvalue weighted by molar-refractivity contribution is 9.10. The van der Waals surface area contributed by atoms with Crippen LogP contribution in [0.4, 0.5) is 0 Å². The van der Waals surface area contributed by atoms with Crippen LogP contribution >= 0.6 is 15.9 Å². The third-order valence-electron chi connectivity index (χ3n) is 6.87. The second kappa shape index (κ2) is 10.9. The predicted molar refractivity (Wildman–Crippen MR) is 155 cm³/mol. The number of fused-ring (bicyclic) bond motifs is 1. The second-order valence-corrected chi connectivity index (χ2v) is 9.99. The van der Waals surface area contributed by atoms with Gasteiger partial charge in [0.25, 0.3) is 5.56 Å². The zero-order valence-electron chi connectivity index (χ0n) is 22.1. The Morgan fingerprint density at radius 2 is 1.69 bits per heavy atom. The number of carbonyl (C=O) groups is 1. The molecule has 9 heteroatoms. The van der Waals surface area contributed by atoms with Crippen molar-refractivity contribution in [2.24, 2.45) is 5.10 Å². The van der Waals surface area contributed by atoms with Gasteiger partial charge in [0, 0.05) is 33.8 Å². The first-order valence-electron chi connectivity index (χ1n) is 12.5. The van der Waals surface area contributed by atoms with E-state index in [4.69, 9.17) is 19.3 Å². The maximum atomic E-state index is 13.7. The van der Waals surface area contributed by atoms with Crippen LogP contribution in [0.1, 0.15) is 36.9 Å². The van der Waals surface area contributed by atoms with Gasteiger partial charge < -0.3 is 19.2 Å². The van der Waals surface area contributed by atoms with E-state index in [1.807, 2.05) is 60.7 Å². The van der Waals surface area contributed by atoms with Crippen molar-refractivity contribution in [1.29, 1.82) is 0 Å². The Bertz CT molecular complexity index is 1620. The predicted octanol–water partition coefficient (Wildman–Crippen LogP) is 6.07. The van der Waals surface area contributed by atoms with Gasteiger partial charge >= 0.3 is 0 Å². The Labute approximate surface area is 234 Å². The van der Waals surface area contributed by atoms with Crippen LogP contribution in [0.5, 0.6) is 17.2 Å². The van der Waals surface area contributed by atoms with Gasteiger partial charge in [-0.1, -0.05) is 53.2 Å². The highest BCUT2D eigenvalue weighted by Crippen LogP contribution is 2.44. The lowest BCUT2D eigenvalue weighted by atomic mass is 9.91. The number of halogens is 1. The molecule has 1 atom stereocenters. The topological polar surface area (TPSA) is 93.2 Å². The van der Waals surface area contributed by atoms with Gasteiger partial charge in [-0.3, -0.25) is 9.59 Å². The van der Waals surface area contributed by atoms with E-state index in [1.165, 1.54) is 5.01 Å². The fourth-order valence-corrected chi connectivity index (χ4v) is 5.41. The zero-order valence-corrected chi connectivity index (χ0v) is 23.7. The fourth-order valence-electron chi connectivity index (χ4n) is 5.05. The zero-order chi connectivity index (χ0) is 27.7. The number of carbonyl (C=O) groups excluding carboxylic acids is 1. The fraction of sp³-hybridized carbons (Fsp3) is 0.233. The number of rotatable bonds is 7. The molecule has 1 aliphatic heterocycles. The summed E-state index contributed by atoms with van der Waals surface area (Å²) >= 11 is 3.57. The van der Waals surface area contributed by atoms with Gasteiger partial charge in [-0.25, -0.2) is 5.01 Å². The quantitative estimate of drug-likeness (QED) is 0.282. The van der Waals surface area contributed by atoms with Gasteiger partial charge in [0.1, 0.15) is 0 Å². The lowest BCUT2D eigenvalue weighted by molar-refractivity contribution is -0.132. The normalized spacial score (nSPS) is 14.8. The van der Waals surface area contributed by atoms with E-state index in [-0.39, 0.29) is 17.9 Å². The molecule has 0 bridgehead atoms. The van der Waals surface area contributed by atoms with Crippen LogP contribution in [0.15, 0.2) is 75.0 Å². The number of H-pyrrole nitrogens is 1. The molecule has 1 aliphatic rings. The number of pyridine rings is 1. The Hall–Kier alpha value is -4.11. The number of nitrogens with zero attached hydrogens (tertiary/aromatic N) is 2. The molecule has 0 fully saturated rings. The minimum atomic E-state index is -0.470. The average Bonchev–Trinajstić information content (AvgIpc) is 3.41. The Kier molecular flexibility index (Phi) is 7.43. The minimum Gasteiger partial charge on any atom is -0.493 e. The number of aromatic nitrogens is 1. The smallest absolute Gasteiger partial charge is 0.258 e. The Morgan fingerprint density at radius 3 is 2.31 bits per heavy atom. The Morgan fingerprint density at radius 1 is 1.00 bits per heavy atom. The first-order chi connectivity index (χ1) is 18.9. The maximum Gasteiger partial charge on any atom is 0.258 e. The molecule has 2 heterocycles. The number of nitrogens with one attached hydrogen (secondary N) is 1. The highest BCUT2D eigenvalue weighted by Gasteiger charge is 2.36. The van der Waals surface area contributed by atoms with E-state index in [1.54, 1.807) is 28.3 Å². The van der Waals surface area contributed by atoms with Gasteiger partial charge in [0.2, 0.25) is 11.7 Å². The summed E-state index contributed by atoms with van der Waals surface area (Å²) in [5, 5.41) is 7.11. The van der Waals surface area contributed by atoms with Crippen LogP contribution in [0.3, 0.4) is 0 Å². The first kappa shape index (κ1) is 26.5. The van der Waals surface area contributed by atoms with Crippen LogP contribution in [-0.4, -0.2) is 42.9 Å². The van der Waals surface area contributed by atoms with Crippen LogP contribution in [0, 0.1) is 0 Å². The molecule has 0 saturated carbocycles. The van der Waals surface area contributed by atoms with Crippen molar-refractivity contribution in [1.82, 2.24) is 9.99 Å². The molecule has 0 radical (unpaired) electrons. The SMILES string of the molecule is CCC(=O)N1N=C(c2c(-c3ccccc3)c3cc(Br)ccc3[nH]c2=O)C[C@H]1c1cc(OC)c(OC)c(OC)c1. The molecule has 39 heavy (non-hydrogen) atoms. The third kappa shape index (κ3) is 4.78. The van der Waals surface area contributed by atoms with Crippen molar-refractivity contribution in [2.75, 3.05) is 21.3 Å². The molecule has 8 nitrogen and oxygen atoms in total. The van der Waals surface area contributed by atoms with Crippen LogP contribution in [0.2, 0.25) is 0 Å². The van der Waals surface area contributed by atoms with Gasteiger partial charge in [0.05, 0.1) is 38.6 Å². The van der Waals surface area contributed by atoms with Gasteiger partial charge in [-0.05, 0) is 41.5 Å². The molecule has 0 aliphatic carbocycles. The lowest BCUT2D eigenvalue weighted by Gasteiger charge is -2.23. The second-order valence-electron chi connectivity index (χ2n) is 9.08. The highest BCUT2D eigenvalue weighted by atomic mass is 79.9. The summed E-state index contributed by atoms with van der Waals surface area (Å²) in [5.74, 6) is 1.24. The molecular weight excluding hydrogens is 562 g/mol. The maximum absolute atomic E-state index is 13.7. The molecule has 5 rings (SSSR count). The minimum absolute atomic E-state index is 0.162. The molecular formula is C30H28BrN3O5. The number of hydrogen-bond acceptors (Lipinski definition) is 6. The van der Waals surface area contributed by atoms with Gasteiger partial charge in [-0.2, -0.15) is 5.10 Å². The summed E-state index contributed by atoms with van der Waals surface area (Å²) in [7, 11) is 4.64. The summed E-state index contributed by atoms with van der Waals surface area (Å²) in [4.78, 5) is 29.8. The number of aromatic amines is 1. The number of ether oxygens (including phenoxy) is 3.